The number of benzene rings is 2. The first kappa shape index (κ1) is 17.1. The van der Waals surface area contributed by atoms with Crippen LogP contribution in [0.25, 0.3) is 0 Å². The molecule has 0 saturated carbocycles. The predicted octanol–water partition coefficient (Wildman–Crippen LogP) is 4.58. The number of hydrogen-bond donors (Lipinski definition) is 2. The molecule has 2 N–H and O–H groups in total. The monoisotopic (exact) mass is 378 g/mol. The van der Waals surface area contributed by atoms with Gasteiger partial charge in [0.05, 0.1) is 5.56 Å². The molecule has 0 aliphatic rings. The Bertz CT molecular complexity index is 734. The van der Waals surface area contributed by atoms with Crippen LogP contribution in [0.4, 0.5) is 15.8 Å². The zero-order chi connectivity index (χ0) is 16.8. The van der Waals surface area contributed by atoms with Crippen LogP contribution in [0.2, 0.25) is 0 Å². The van der Waals surface area contributed by atoms with Gasteiger partial charge in [-0.05, 0) is 42.8 Å². The minimum Gasteiger partial charge on any atom is -0.326 e. The molecule has 120 valence electrons. The van der Waals surface area contributed by atoms with E-state index in [9.17, 15) is 14.0 Å². The molecule has 2 aromatic carbocycles. The van der Waals surface area contributed by atoms with Gasteiger partial charge in [-0.15, -0.1) is 0 Å². The Hall–Kier alpha value is -2.21. The summed E-state index contributed by atoms with van der Waals surface area (Å²) in [7, 11) is 0. The normalized spacial score (nSPS) is 10.2. The number of amides is 2. The van der Waals surface area contributed by atoms with Gasteiger partial charge >= 0.3 is 0 Å². The number of nitrogens with one attached hydrogen (secondary N) is 2. The molecule has 0 aliphatic heterocycles. The van der Waals surface area contributed by atoms with E-state index in [1.807, 2.05) is 6.92 Å². The van der Waals surface area contributed by atoms with Gasteiger partial charge < -0.3 is 10.6 Å². The Morgan fingerprint density at radius 2 is 1.78 bits per heavy atom. The van der Waals surface area contributed by atoms with E-state index in [4.69, 9.17) is 0 Å². The molecule has 0 atom stereocenters. The molecule has 0 bridgehead atoms. The van der Waals surface area contributed by atoms with E-state index in [0.29, 0.717) is 22.3 Å². The van der Waals surface area contributed by atoms with Crippen LogP contribution in [0.3, 0.4) is 0 Å². The summed E-state index contributed by atoms with van der Waals surface area (Å²) < 4.78 is 14.4. The van der Waals surface area contributed by atoms with Crippen LogP contribution in [0, 0.1) is 5.82 Å². The fourth-order valence-corrected chi connectivity index (χ4v) is 2.33. The number of rotatable bonds is 5. The van der Waals surface area contributed by atoms with Crippen LogP contribution < -0.4 is 10.6 Å². The number of carbonyl (C=O) groups is 2. The molecule has 0 saturated heterocycles. The highest BCUT2D eigenvalue weighted by atomic mass is 79.9. The van der Waals surface area contributed by atoms with E-state index in [1.165, 1.54) is 12.1 Å². The van der Waals surface area contributed by atoms with Gasteiger partial charge in [-0.1, -0.05) is 28.9 Å². The Morgan fingerprint density at radius 3 is 2.43 bits per heavy atom. The SMILES string of the molecule is CCCC(=O)Nc1cccc(NC(=O)c2ccc(Br)cc2F)c1. The minimum absolute atomic E-state index is 0.0476. The molecule has 0 aromatic heterocycles. The Balaban J connectivity index is 2.10. The number of hydrogen-bond acceptors (Lipinski definition) is 2. The number of anilines is 2. The minimum atomic E-state index is -0.607. The molecule has 4 nitrogen and oxygen atoms in total. The van der Waals surface area contributed by atoms with Crippen LogP contribution >= 0.6 is 15.9 Å². The van der Waals surface area contributed by atoms with Crippen molar-refractivity contribution < 1.29 is 14.0 Å². The second-order valence-corrected chi connectivity index (χ2v) is 5.87. The molecule has 6 heteroatoms. The highest BCUT2D eigenvalue weighted by Crippen LogP contribution is 2.19. The molecule has 0 fully saturated rings. The zero-order valence-electron chi connectivity index (χ0n) is 12.5. The van der Waals surface area contributed by atoms with Gasteiger partial charge in [0.2, 0.25) is 5.91 Å². The van der Waals surface area contributed by atoms with Crippen molar-refractivity contribution in [3.05, 3.63) is 58.3 Å². The first-order valence-corrected chi connectivity index (χ1v) is 7.95. The van der Waals surface area contributed by atoms with Crippen molar-refractivity contribution in [3.63, 3.8) is 0 Å². The molecule has 23 heavy (non-hydrogen) atoms. The van der Waals surface area contributed by atoms with Gasteiger partial charge in [-0.2, -0.15) is 0 Å². The average Bonchev–Trinajstić information content (AvgIpc) is 2.47. The van der Waals surface area contributed by atoms with E-state index in [2.05, 4.69) is 26.6 Å². The van der Waals surface area contributed by atoms with Crippen molar-refractivity contribution in [3.8, 4) is 0 Å². The van der Waals surface area contributed by atoms with Crippen LogP contribution in [0.5, 0.6) is 0 Å². The Labute approximate surface area is 142 Å². The Kier molecular flexibility index (Phi) is 5.87. The first-order valence-electron chi connectivity index (χ1n) is 7.16. The standard InChI is InChI=1S/C17H16BrFN2O2/c1-2-4-16(22)20-12-5-3-6-13(10-12)21-17(23)14-8-7-11(18)9-15(14)19/h3,5-10H,2,4H2,1H3,(H,20,22)(H,21,23). The first-order chi connectivity index (χ1) is 11.0. The second-order valence-electron chi connectivity index (χ2n) is 4.96. The van der Waals surface area contributed by atoms with Crippen molar-refractivity contribution in [1.29, 1.82) is 0 Å². The van der Waals surface area contributed by atoms with Gasteiger partial charge in [0.25, 0.3) is 5.91 Å². The largest absolute Gasteiger partial charge is 0.326 e. The third-order valence-electron chi connectivity index (χ3n) is 3.06. The maximum atomic E-state index is 13.8. The lowest BCUT2D eigenvalue weighted by Crippen LogP contribution is -2.14. The molecular formula is C17H16BrFN2O2. The summed E-state index contributed by atoms with van der Waals surface area (Å²) in [4.78, 5) is 23.7. The lowest BCUT2D eigenvalue weighted by atomic mass is 10.2. The lowest BCUT2D eigenvalue weighted by molar-refractivity contribution is -0.116. The third-order valence-corrected chi connectivity index (χ3v) is 3.55. The fraction of sp³-hybridized carbons (Fsp3) is 0.176. The van der Waals surface area contributed by atoms with Crippen LogP contribution in [0.15, 0.2) is 46.9 Å². The molecule has 0 spiro atoms. The third kappa shape index (κ3) is 4.89. The van der Waals surface area contributed by atoms with Gasteiger partial charge in [-0.3, -0.25) is 9.59 Å². The predicted molar refractivity (Wildman–Crippen MR) is 92.0 cm³/mol. The van der Waals surface area contributed by atoms with Crippen LogP contribution in [-0.2, 0) is 4.79 Å². The van der Waals surface area contributed by atoms with Crippen molar-refractivity contribution in [1.82, 2.24) is 0 Å². The molecule has 0 heterocycles. The van der Waals surface area contributed by atoms with Crippen LogP contribution in [0.1, 0.15) is 30.1 Å². The van der Waals surface area contributed by atoms with E-state index in [1.54, 1.807) is 30.3 Å². The smallest absolute Gasteiger partial charge is 0.258 e. The molecule has 0 radical (unpaired) electrons. The molecule has 2 amide bonds. The summed E-state index contributed by atoms with van der Waals surface area (Å²) in [5, 5.41) is 5.36. The van der Waals surface area contributed by atoms with Gasteiger partial charge in [-0.25, -0.2) is 4.39 Å². The zero-order valence-corrected chi connectivity index (χ0v) is 14.1. The van der Waals surface area contributed by atoms with Crippen molar-refractivity contribution in [2.75, 3.05) is 10.6 Å². The quantitative estimate of drug-likeness (QED) is 0.799. The van der Waals surface area contributed by atoms with E-state index in [0.717, 1.165) is 6.42 Å². The lowest BCUT2D eigenvalue weighted by Gasteiger charge is -2.09. The fourth-order valence-electron chi connectivity index (χ4n) is 2.00. The maximum absolute atomic E-state index is 13.8. The molecule has 0 aliphatic carbocycles. The van der Waals surface area contributed by atoms with Gasteiger partial charge in [0, 0.05) is 22.3 Å². The number of carbonyl (C=O) groups excluding carboxylic acids is 2. The summed E-state index contributed by atoms with van der Waals surface area (Å²) in [5.41, 5.74) is 1.01. The summed E-state index contributed by atoms with van der Waals surface area (Å²) in [6.07, 6.45) is 1.19. The van der Waals surface area contributed by atoms with Gasteiger partial charge in [0.1, 0.15) is 5.82 Å². The maximum Gasteiger partial charge on any atom is 0.258 e. The molecular weight excluding hydrogens is 363 g/mol. The van der Waals surface area contributed by atoms with Crippen LogP contribution in [-0.4, -0.2) is 11.8 Å². The van der Waals surface area contributed by atoms with E-state index >= 15 is 0 Å². The number of halogens is 2. The van der Waals surface area contributed by atoms with E-state index < -0.39 is 11.7 Å². The molecule has 2 rings (SSSR count). The molecule has 2 aromatic rings. The van der Waals surface area contributed by atoms with Crippen molar-refractivity contribution in [2.45, 2.75) is 19.8 Å². The summed E-state index contributed by atoms with van der Waals surface area (Å²) in [6, 6.07) is 11.0. The summed E-state index contributed by atoms with van der Waals surface area (Å²) in [6.45, 7) is 1.92. The average molecular weight is 379 g/mol. The highest BCUT2D eigenvalue weighted by Gasteiger charge is 2.12. The summed E-state index contributed by atoms with van der Waals surface area (Å²) in [5.74, 6) is -1.24. The summed E-state index contributed by atoms with van der Waals surface area (Å²) >= 11 is 3.15. The van der Waals surface area contributed by atoms with Crippen molar-refractivity contribution in [2.24, 2.45) is 0 Å². The second kappa shape index (κ2) is 7.87. The van der Waals surface area contributed by atoms with Crippen molar-refractivity contribution >= 4 is 39.1 Å². The highest BCUT2D eigenvalue weighted by molar-refractivity contribution is 9.10. The molecule has 0 unspecified atom stereocenters. The topological polar surface area (TPSA) is 58.2 Å². The van der Waals surface area contributed by atoms with Gasteiger partial charge in [0.15, 0.2) is 0 Å². The van der Waals surface area contributed by atoms with E-state index in [-0.39, 0.29) is 11.5 Å². The Morgan fingerprint density at radius 1 is 1.09 bits per heavy atom.